The van der Waals surface area contributed by atoms with E-state index in [4.69, 9.17) is 16.1 Å². The standard InChI is InChI=1S/C25H26FN7/c1-32-15-19-10-21(7-8-23(19)30-32)33-24(17-5-6-18(13-27)22(26)11-17)12-25(31-33)29-14-16-3-2-4-20(28)9-16/h5-8,10-12,15-16,20H,2-4,9,14,28H2,1H3,(H,29,31)/t16-,20-/m0/s1. The summed E-state index contributed by atoms with van der Waals surface area (Å²) >= 11 is 0. The van der Waals surface area contributed by atoms with Crippen molar-refractivity contribution in [1.82, 2.24) is 19.6 Å². The van der Waals surface area contributed by atoms with E-state index in [2.05, 4.69) is 10.4 Å². The van der Waals surface area contributed by atoms with Crippen molar-refractivity contribution in [2.75, 3.05) is 11.9 Å². The SMILES string of the molecule is Cn1cc2cc(-n3nc(NC[C@H]4CCC[C@H](N)C4)cc3-c3ccc(C#N)c(F)c3)ccc2n1. The molecule has 5 rings (SSSR count). The molecule has 3 N–H and O–H groups in total. The first kappa shape index (κ1) is 21.2. The highest BCUT2D eigenvalue weighted by atomic mass is 19.1. The van der Waals surface area contributed by atoms with E-state index in [1.807, 2.05) is 48.3 Å². The van der Waals surface area contributed by atoms with Crippen molar-refractivity contribution >= 4 is 16.7 Å². The van der Waals surface area contributed by atoms with Gasteiger partial charge in [-0.05, 0) is 55.5 Å². The number of anilines is 1. The van der Waals surface area contributed by atoms with Gasteiger partial charge in [0.15, 0.2) is 0 Å². The molecule has 4 aromatic rings. The molecule has 0 bridgehead atoms. The molecule has 0 spiro atoms. The zero-order chi connectivity index (χ0) is 22.9. The van der Waals surface area contributed by atoms with Crippen molar-refractivity contribution in [1.29, 1.82) is 5.26 Å². The summed E-state index contributed by atoms with van der Waals surface area (Å²) in [6, 6.07) is 14.6. The third kappa shape index (κ3) is 4.32. The van der Waals surface area contributed by atoms with Crippen LogP contribution in [0.2, 0.25) is 0 Å². The number of hydrogen-bond donors (Lipinski definition) is 2. The largest absolute Gasteiger partial charge is 0.368 e. The summed E-state index contributed by atoms with van der Waals surface area (Å²) in [7, 11) is 1.89. The Bertz CT molecular complexity index is 1350. The van der Waals surface area contributed by atoms with Crippen LogP contribution in [-0.4, -0.2) is 32.1 Å². The fourth-order valence-corrected chi connectivity index (χ4v) is 4.67. The van der Waals surface area contributed by atoms with Gasteiger partial charge in [-0.15, -0.1) is 5.10 Å². The van der Waals surface area contributed by atoms with Crippen LogP contribution in [-0.2, 0) is 7.05 Å². The Hall–Kier alpha value is -3.70. The normalized spacial score (nSPS) is 18.4. The average molecular weight is 444 g/mol. The molecule has 2 atom stereocenters. The van der Waals surface area contributed by atoms with Gasteiger partial charge in [-0.3, -0.25) is 4.68 Å². The molecule has 1 aliphatic rings. The van der Waals surface area contributed by atoms with Gasteiger partial charge in [-0.2, -0.15) is 10.4 Å². The summed E-state index contributed by atoms with van der Waals surface area (Å²) in [4.78, 5) is 0. The Morgan fingerprint density at radius 1 is 1.18 bits per heavy atom. The summed E-state index contributed by atoms with van der Waals surface area (Å²) in [5.41, 5.74) is 9.30. The van der Waals surface area contributed by atoms with E-state index in [-0.39, 0.29) is 11.6 Å². The van der Waals surface area contributed by atoms with Crippen LogP contribution in [0.15, 0.2) is 48.7 Å². The first-order valence-electron chi connectivity index (χ1n) is 11.2. The van der Waals surface area contributed by atoms with Crippen LogP contribution in [0.25, 0.3) is 27.8 Å². The quantitative estimate of drug-likeness (QED) is 0.477. The Balaban J connectivity index is 1.52. The molecule has 2 aromatic carbocycles. The second-order valence-electron chi connectivity index (χ2n) is 8.85. The molecule has 2 aromatic heterocycles. The maximum Gasteiger partial charge on any atom is 0.149 e. The molecule has 2 heterocycles. The van der Waals surface area contributed by atoms with Gasteiger partial charge in [0.25, 0.3) is 0 Å². The third-order valence-corrected chi connectivity index (χ3v) is 6.34. The Kier molecular flexibility index (Phi) is 5.56. The smallest absolute Gasteiger partial charge is 0.149 e. The maximum atomic E-state index is 14.4. The highest BCUT2D eigenvalue weighted by molar-refractivity contribution is 5.81. The van der Waals surface area contributed by atoms with Crippen LogP contribution in [0.4, 0.5) is 10.2 Å². The summed E-state index contributed by atoms with van der Waals surface area (Å²) < 4.78 is 18.0. The van der Waals surface area contributed by atoms with E-state index in [1.54, 1.807) is 10.7 Å². The van der Waals surface area contributed by atoms with E-state index in [0.717, 1.165) is 60.3 Å². The van der Waals surface area contributed by atoms with Gasteiger partial charge in [0.2, 0.25) is 0 Å². The molecule has 33 heavy (non-hydrogen) atoms. The van der Waals surface area contributed by atoms with Gasteiger partial charge in [0.1, 0.15) is 17.7 Å². The Labute approximate surface area is 191 Å². The zero-order valence-electron chi connectivity index (χ0n) is 18.5. The number of nitriles is 1. The van der Waals surface area contributed by atoms with Gasteiger partial charge in [0, 0.05) is 42.8 Å². The first-order valence-corrected chi connectivity index (χ1v) is 11.2. The third-order valence-electron chi connectivity index (χ3n) is 6.34. The average Bonchev–Trinajstić information content (AvgIpc) is 3.40. The van der Waals surface area contributed by atoms with Gasteiger partial charge in [-0.25, -0.2) is 9.07 Å². The topological polar surface area (TPSA) is 97.5 Å². The highest BCUT2D eigenvalue weighted by Crippen LogP contribution is 2.30. The number of benzene rings is 2. The molecule has 0 radical (unpaired) electrons. The van der Waals surface area contributed by atoms with E-state index < -0.39 is 5.82 Å². The number of halogens is 1. The first-order chi connectivity index (χ1) is 16.0. The molecular formula is C25H26FN7. The number of aryl methyl sites for hydroxylation is 1. The van der Waals surface area contributed by atoms with E-state index >= 15 is 0 Å². The van der Waals surface area contributed by atoms with Crippen molar-refractivity contribution in [2.24, 2.45) is 18.7 Å². The fourth-order valence-electron chi connectivity index (χ4n) is 4.67. The Morgan fingerprint density at radius 3 is 2.85 bits per heavy atom. The lowest BCUT2D eigenvalue weighted by Crippen LogP contribution is -2.31. The van der Waals surface area contributed by atoms with Crippen LogP contribution in [0, 0.1) is 23.1 Å². The van der Waals surface area contributed by atoms with Crippen LogP contribution in [0.1, 0.15) is 31.2 Å². The number of rotatable bonds is 5. The lowest BCUT2D eigenvalue weighted by Gasteiger charge is -2.26. The molecular weight excluding hydrogens is 417 g/mol. The minimum atomic E-state index is -0.545. The fraction of sp³-hybridized carbons (Fsp3) is 0.320. The van der Waals surface area contributed by atoms with E-state index in [0.29, 0.717) is 11.5 Å². The van der Waals surface area contributed by atoms with Gasteiger partial charge >= 0.3 is 0 Å². The molecule has 0 aliphatic heterocycles. The number of aromatic nitrogens is 4. The molecule has 0 unspecified atom stereocenters. The lowest BCUT2D eigenvalue weighted by molar-refractivity contribution is 0.335. The van der Waals surface area contributed by atoms with Gasteiger partial charge < -0.3 is 11.1 Å². The maximum absolute atomic E-state index is 14.4. The highest BCUT2D eigenvalue weighted by Gasteiger charge is 2.20. The summed E-state index contributed by atoms with van der Waals surface area (Å²) in [6.07, 6.45) is 6.37. The van der Waals surface area contributed by atoms with Crippen LogP contribution < -0.4 is 11.1 Å². The molecule has 1 aliphatic carbocycles. The van der Waals surface area contributed by atoms with Gasteiger partial charge in [-0.1, -0.05) is 12.5 Å². The number of nitrogens with one attached hydrogen (secondary N) is 1. The Morgan fingerprint density at radius 2 is 2.06 bits per heavy atom. The molecule has 0 amide bonds. The number of hydrogen-bond acceptors (Lipinski definition) is 5. The molecule has 1 fully saturated rings. The van der Waals surface area contributed by atoms with Crippen molar-refractivity contribution in [3.63, 3.8) is 0 Å². The second-order valence-corrected chi connectivity index (χ2v) is 8.85. The van der Waals surface area contributed by atoms with Crippen LogP contribution >= 0.6 is 0 Å². The minimum absolute atomic E-state index is 0.0218. The molecule has 1 saturated carbocycles. The monoisotopic (exact) mass is 443 g/mol. The molecule has 8 heteroatoms. The zero-order valence-corrected chi connectivity index (χ0v) is 18.5. The van der Waals surface area contributed by atoms with Crippen molar-refractivity contribution < 1.29 is 4.39 Å². The lowest BCUT2D eigenvalue weighted by atomic mass is 9.86. The molecule has 168 valence electrons. The van der Waals surface area contributed by atoms with Crippen molar-refractivity contribution in [2.45, 2.75) is 31.7 Å². The summed E-state index contributed by atoms with van der Waals surface area (Å²) in [6.45, 7) is 0.799. The number of nitrogens with two attached hydrogens (primary N) is 1. The molecule has 0 saturated heterocycles. The van der Waals surface area contributed by atoms with Crippen molar-refractivity contribution in [3.05, 3.63) is 60.0 Å². The van der Waals surface area contributed by atoms with Crippen LogP contribution in [0.5, 0.6) is 0 Å². The van der Waals surface area contributed by atoms with E-state index in [9.17, 15) is 4.39 Å². The second kappa shape index (κ2) is 8.68. The molecule has 7 nitrogen and oxygen atoms in total. The number of fused-ring (bicyclic) bond motifs is 1. The van der Waals surface area contributed by atoms with Crippen molar-refractivity contribution in [3.8, 4) is 23.0 Å². The summed E-state index contributed by atoms with van der Waals surface area (Å²) in [5.74, 6) is 0.692. The number of nitrogens with zero attached hydrogens (tertiary/aromatic N) is 5. The predicted octanol–water partition coefficient (Wildman–Crippen LogP) is 4.37. The minimum Gasteiger partial charge on any atom is -0.368 e. The van der Waals surface area contributed by atoms with E-state index in [1.165, 1.54) is 12.1 Å². The summed E-state index contributed by atoms with van der Waals surface area (Å²) in [5, 5.41) is 22.8. The van der Waals surface area contributed by atoms with Gasteiger partial charge in [0.05, 0.1) is 22.5 Å². The van der Waals surface area contributed by atoms with Crippen LogP contribution in [0.3, 0.4) is 0 Å². The predicted molar refractivity (Wildman–Crippen MR) is 126 cm³/mol.